The van der Waals surface area contributed by atoms with Crippen LogP contribution < -0.4 is 5.32 Å². The van der Waals surface area contributed by atoms with Crippen molar-refractivity contribution in [3.63, 3.8) is 0 Å². The molecule has 3 rings (SSSR count). The van der Waals surface area contributed by atoms with E-state index in [-0.39, 0.29) is 11.7 Å². The molecule has 25 heavy (non-hydrogen) atoms. The highest BCUT2D eigenvalue weighted by Gasteiger charge is 2.11. The lowest BCUT2D eigenvalue weighted by molar-refractivity contribution is -0.114. The first-order valence-electron chi connectivity index (χ1n) is 7.26. The fourth-order valence-corrected chi connectivity index (χ4v) is 3.39. The lowest BCUT2D eigenvalue weighted by Crippen LogP contribution is -2.07. The zero-order valence-corrected chi connectivity index (χ0v) is 15.5. The van der Waals surface area contributed by atoms with Crippen molar-refractivity contribution >= 4 is 39.3 Å². The Morgan fingerprint density at radius 3 is 2.92 bits per heavy atom. The average molecular weight is 422 g/mol. The molecule has 0 saturated carbocycles. The number of aromatic nitrogens is 4. The third-order valence-electron chi connectivity index (χ3n) is 3.20. The Hall–Kier alpha value is -2.26. The second kappa shape index (κ2) is 7.75. The van der Waals surface area contributed by atoms with Crippen molar-refractivity contribution in [2.75, 3.05) is 5.32 Å². The molecule has 0 aliphatic heterocycles. The Balaban J connectivity index is 1.78. The first kappa shape index (κ1) is 17.6. The molecule has 0 saturated heterocycles. The smallest absolute Gasteiger partial charge is 0.221 e. The van der Waals surface area contributed by atoms with Crippen LogP contribution in [0.25, 0.3) is 5.69 Å². The normalized spacial score (nSPS) is 10.7. The van der Waals surface area contributed by atoms with Gasteiger partial charge in [0.1, 0.15) is 5.82 Å². The number of hydrogen-bond acceptors (Lipinski definition) is 5. The van der Waals surface area contributed by atoms with E-state index in [0.717, 1.165) is 11.3 Å². The maximum Gasteiger partial charge on any atom is 0.221 e. The number of carbonyl (C=O) groups is 1. The molecule has 0 aliphatic rings. The summed E-state index contributed by atoms with van der Waals surface area (Å²) in [6.07, 6.45) is 0. The highest BCUT2D eigenvalue weighted by atomic mass is 79.9. The number of hydrogen-bond donors (Lipinski definition) is 1. The number of benzene rings is 2. The Bertz CT molecular complexity index is 917. The van der Waals surface area contributed by atoms with Crippen LogP contribution >= 0.6 is 27.7 Å². The van der Waals surface area contributed by atoms with Crippen LogP contribution in [-0.4, -0.2) is 26.1 Å². The van der Waals surface area contributed by atoms with Gasteiger partial charge in [-0.1, -0.05) is 23.9 Å². The van der Waals surface area contributed by atoms with Crippen LogP contribution in [0, 0.1) is 5.82 Å². The van der Waals surface area contributed by atoms with Gasteiger partial charge in [-0.15, -0.1) is 5.10 Å². The zero-order chi connectivity index (χ0) is 17.8. The van der Waals surface area contributed by atoms with Gasteiger partial charge in [-0.25, -0.2) is 4.39 Å². The van der Waals surface area contributed by atoms with Crippen molar-refractivity contribution in [1.29, 1.82) is 0 Å². The Morgan fingerprint density at radius 1 is 1.32 bits per heavy atom. The minimum Gasteiger partial charge on any atom is -0.326 e. The lowest BCUT2D eigenvalue weighted by atomic mass is 10.2. The fourth-order valence-electron chi connectivity index (χ4n) is 2.13. The molecule has 0 fully saturated rings. The van der Waals surface area contributed by atoms with Gasteiger partial charge in [-0.3, -0.25) is 4.79 Å². The number of anilines is 1. The molecule has 6 nitrogen and oxygen atoms in total. The second-order valence-corrected chi connectivity index (χ2v) is 6.94. The lowest BCUT2D eigenvalue weighted by Gasteiger charge is -2.07. The zero-order valence-electron chi connectivity index (χ0n) is 13.1. The number of nitrogens with zero attached hydrogens (tertiary/aromatic N) is 4. The topological polar surface area (TPSA) is 72.7 Å². The summed E-state index contributed by atoms with van der Waals surface area (Å²) in [4.78, 5) is 11.2. The van der Waals surface area contributed by atoms with E-state index in [4.69, 9.17) is 0 Å². The van der Waals surface area contributed by atoms with Crippen molar-refractivity contribution in [2.24, 2.45) is 0 Å². The van der Waals surface area contributed by atoms with Crippen molar-refractivity contribution in [3.05, 3.63) is 58.3 Å². The van der Waals surface area contributed by atoms with Crippen LogP contribution in [0.2, 0.25) is 0 Å². The standard InChI is InChI=1S/C16H13BrFN5OS/c1-10(24)19-12-3-2-4-13(8-12)23-16(20-21-22-23)25-9-11-5-6-15(18)14(17)7-11/h2-8H,9H2,1H3,(H,19,24). The van der Waals surface area contributed by atoms with Gasteiger partial charge in [-0.2, -0.15) is 4.68 Å². The molecule has 0 radical (unpaired) electrons. The first-order valence-corrected chi connectivity index (χ1v) is 9.04. The molecule has 2 aromatic carbocycles. The van der Waals surface area contributed by atoms with Gasteiger partial charge in [0, 0.05) is 18.4 Å². The molecule has 1 amide bonds. The number of tetrazole rings is 1. The summed E-state index contributed by atoms with van der Waals surface area (Å²) in [5.41, 5.74) is 2.35. The summed E-state index contributed by atoms with van der Waals surface area (Å²) < 4.78 is 15.3. The van der Waals surface area contributed by atoms with E-state index in [1.165, 1.54) is 24.8 Å². The molecule has 0 unspecified atom stereocenters. The van der Waals surface area contributed by atoms with E-state index in [9.17, 15) is 9.18 Å². The SMILES string of the molecule is CC(=O)Nc1cccc(-n2nnnc2SCc2ccc(F)c(Br)c2)c1. The number of nitrogens with one attached hydrogen (secondary N) is 1. The van der Waals surface area contributed by atoms with Gasteiger partial charge in [0.15, 0.2) is 0 Å². The molecule has 9 heteroatoms. The number of amides is 1. The summed E-state index contributed by atoms with van der Waals surface area (Å²) >= 11 is 4.61. The second-order valence-electron chi connectivity index (χ2n) is 5.14. The van der Waals surface area contributed by atoms with Gasteiger partial charge in [0.2, 0.25) is 11.1 Å². The fraction of sp³-hybridized carbons (Fsp3) is 0.125. The number of rotatable bonds is 5. The summed E-state index contributed by atoms with van der Waals surface area (Å²) in [6, 6.07) is 12.1. The van der Waals surface area contributed by atoms with Crippen molar-refractivity contribution in [2.45, 2.75) is 17.8 Å². The molecule has 1 N–H and O–H groups in total. The average Bonchev–Trinajstić information content (AvgIpc) is 3.04. The van der Waals surface area contributed by atoms with Crippen molar-refractivity contribution in [3.8, 4) is 5.69 Å². The Labute approximate surface area is 155 Å². The minimum absolute atomic E-state index is 0.148. The molecule has 0 atom stereocenters. The van der Waals surface area contributed by atoms with Crippen LogP contribution in [0.5, 0.6) is 0 Å². The molecule has 0 spiro atoms. The maximum absolute atomic E-state index is 13.3. The van der Waals surface area contributed by atoms with Crippen LogP contribution in [0.3, 0.4) is 0 Å². The van der Waals surface area contributed by atoms with E-state index in [1.54, 1.807) is 28.9 Å². The Morgan fingerprint density at radius 2 is 2.16 bits per heavy atom. The molecule has 0 aliphatic carbocycles. The molecule has 1 aromatic heterocycles. The van der Waals surface area contributed by atoms with Gasteiger partial charge < -0.3 is 5.32 Å². The predicted molar refractivity (Wildman–Crippen MR) is 97.1 cm³/mol. The van der Waals surface area contributed by atoms with Crippen LogP contribution in [0.1, 0.15) is 12.5 Å². The quantitative estimate of drug-likeness (QED) is 0.633. The predicted octanol–water partition coefficient (Wildman–Crippen LogP) is 3.81. The number of thioether (sulfide) groups is 1. The highest BCUT2D eigenvalue weighted by molar-refractivity contribution is 9.10. The summed E-state index contributed by atoms with van der Waals surface area (Å²) in [5.74, 6) is 0.142. The van der Waals surface area contributed by atoms with Crippen molar-refractivity contribution in [1.82, 2.24) is 20.2 Å². The van der Waals surface area contributed by atoms with E-state index < -0.39 is 0 Å². The molecule has 0 bridgehead atoms. The molecule has 3 aromatic rings. The molecular weight excluding hydrogens is 409 g/mol. The highest BCUT2D eigenvalue weighted by Crippen LogP contribution is 2.25. The van der Waals surface area contributed by atoms with Gasteiger partial charge in [-0.05, 0) is 62.3 Å². The monoisotopic (exact) mass is 421 g/mol. The molecule has 128 valence electrons. The van der Waals surface area contributed by atoms with Gasteiger partial charge in [0.25, 0.3) is 0 Å². The summed E-state index contributed by atoms with van der Waals surface area (Å²) in [5, 5.41) is 15.1. The Kier molecular flexibility index (Phi) is 5.44. The van der Waals surface area contributed by atoms with Crippen LogP contribution in [-0.2, 0) is 10.5 Å². The number of carbonyl (C=O) groups excluding carboxylic acids is 1. The summed E-state index contributed by atoms with van der Waals surface area (Å²) in [7, 11) is 0. The summed E-state index contributed by atoms with van der Waals surface area (Å²) in [6.45, 7) is 1.45. The minimum atomic E-state index is -0.298. The van der Waals surface area contributed by atoms with Crippen LogP contribution in [0.15, 0.2) is 52.1 Å². The molecular formula is C16H13BrFN5OS. The van der Waals surface area contributed by atoms with E-state index >= 15 is 0 Å². The number of halogens is 2. The van der Waals surface area contributed by atoms with Gasteiger partial charge in [0.05, 0.1) is 10.2 Å². The van der Waals surface area contributed by atoms with Crippen molar-refractivity contribution < 1.29 is 9.18 Å². The first-order chi connectivity index (χ1) is 12.0. The van der Waals surface area contributed by atoms with E-state index in [1.807, 2.05) is 12.1 Å². The largest absolute Gasteiger partial charge is 0.326 e. The molecule has 1 heterocycles. The van der Waals surface area contributed by atoms with Gasteiger partial charge >= 0.3 is 0 Å². The van der Waals surface area contributed by atoms with E-state index in [2.05, 4.69) is 36.8 Å². The third-order valence-corrected chi connectivity index (χ3v) is 4.80. The van der Waals surface area contributed by atoms with E-state index in [0.29, 0.717) is 21.1 Å². The van der Waals surface area contributed by atoms with Crippen LogP contribution in [0.4, 0.5) is 10.1 Å². The maximum atomic E-state index is 13.3. The third kappa shape index (κ3) is 4.43.